The van der Waals surface area contributed by atoms with Crippen molar-refractivity contribution in [2.75, 3.05) is 36.2 Å². The van der Waals surface area contributed by atoms with E-state index in [1.54, 1.807) is 0 Å². The summed E-state index contributed by atoms with van der Waals surface area (Å²) in [6.45, 7) is 5.06. The molecule has 27 heavy (non-hydrogen) atoms. The molecule has 0 aromatic rings. The van der Waals surface area contributed by atoms with Crippen molar-refractivity contribution in [3.05, 3.63) is 0 Å². The van der Waals surface area contributed by atoms with Gasteiger partial charge in [0.15, 0.2) is 0 Å². The Bertz CT molecular complexity index is 318. The maximum Gasteiger partial charge on any atom is 0.472 e. The fraction of sp³-hybridized carbons (Fsp3) is 1.00. The number of hydrogen-bond acceptors (Lipinski definition) is 5. The molecule has 1 N–H and O–H groups in total. The van der Waals surface area contributed by atoms with Gasteiger partial charge in [0, 0.05) is 0 Å². The summed E-state index contributed by atoms with van der Waals surface area (Å²) in [5.41, 5.74) is 0. The first-order chi connectivity index (χ1) is 13.1. The summed E-state index contributed by atoms with van der Waals surface area (Å²) in [5.74, 6) is 4.64. The third kappa shape index (κ3) is 23.0. The van der Waals surface area contributed by atoms with Crippen LogP contribution >= 0.6 is 31.3 Å². The molecule has 0 bridgehead atoms. The monoisotopic (exact) mass is 442 g/mol. The molecule has 0 aromatic heterocycles. The lowest BCUT2D eigenvalue weighted by Crippen LogP contribution is -2.00. The van der Waals surface area contributed by atoms with Crippen LogP contribution in [0.1, 0.15) is 90.9 Å². The predicted molar refractivity (Wildman–Crippen MR) is 123 cm³/mol. The lowest BCUT2D eigenvalue weighted by molar-refractivity contribution is 0.146. The van der Waals surface area contributed by atoms with E-state index in [0.717, 1.165) is 37.2 Å². The van der Waals surface area contributed by atoms with Crippen LogP contribution in [0.3, 0.4) is 0 Å². The van der Waals surface area contributed by atoms with E-state index in [1.165, 1.54) is 62.9 Å². The van der Waals surface area contributed by atoms with Crippen LogP contribution in [-0.2, 0) is 13.6 Å². The van der Waals surface area contributed by atoms with Gasteiger partial charge >= 0.3 is 7.82 Å². The average Bonchev–Trinajstić information content (AvgIpc) is 2.64. The minimum atomic E-state index is -3.85. The molecule has 0 amide bonds. The van der Waals surface area contributed by atoms with Crippen LogP contribution in [0.2, 0.25) is 0 Å². The second kappa shape index (κ2) is 21.5. The molecule has 0 unspecified atom stereocenters. The molecule has 0 spiro atoms. The number of phosphoric acid groups is 1. The van der Waals surface area contributed by atoms with Gasteiger partial charge in [-0.25, -0.2) is 4.57 Å². The molecule has 0 aromatic carbocycles. The minimum absolute atomic E-state index is 0.303. The Morgan fingerprint density at radius 3 is 1.37 bits per heavy atom. The number of rotatable bonds is 22. The predicted octanol–water partition coefficient (Wildman–Crippen LogP) is 7.31. The van der Waals surface area contributed by atoms with E-state index in [-0.39, 0.29) is 0 Å². The molecule has 0 saturated carbocycles. The summed E-state index contributed by atoms with van der Waals surface area (Å²) in [7, 11) is -3.85. The molecule has 0 rings (SSSR count). The first kappa shape index (κ1) is 27.8. The Balaban J connectivity index is 3.32. The zero-order valence-corrected chi connectivity index (χ0v) is 20.2. The lowest BCUT2D eigenvalue weighted by atomic mass is 10.2. The summed E-state index contributed by atoms with van der Waals surface area (Å²) in [5, 5.41) is 0. The molecule has 0 atom stereocenters. The molecular weight excluding hydrogens is 399 g/mol. The maximum atomic E-state index is 11.8. The molecule has 0 aliphatic rings. The van der Waals surface area contributed by atoms with Crippen molar-refractivity contribution in [3.63, 3.8) is 0 Å². The third-order valence-corrected chi connectivity index (χ3v) is 7.49. The van der Waals surface area contributed by atoms with Crippen molar-refractivity contribution in [2.45, 2.75) is 90.9 Å². The minimum Gasteiger partial charge on any atom is -0.302 e. The van der Waals surface area contributed by atoms with Gasteiger partial charge in [-0.2, -0.15) is 23.5 Å². The van der Waals surface area contributed by atoms with Crippen LogP contribution in [0.25, 0.3) is 0 Å². The largest absolute Gasteiger partial charge is 0.472 e. The molecule has 164 valence electrons. The van der Waals surface area contributed by atoms with Crippen molar-refractivity contribution >= 4 is 31.3 Å². The Morgan fingerprint density at radius 2 is 1.00 bits per heavy atom. The van der Waals surface area contributed by atoms with Crippen LogP contribution in [0.4, 0.5) is 0 Å². The first-order valence-corrected chi connectivity index (χ1v) is 14.7. The molecule has 0 aliphatic carbocycles. The highest BCUT2D eigenvalue weighted by Gasteiger charge is 2.19. The summed E-state index contributed by atoms with van der Waals surface area (Å²) < 4.78 is 21.9. The van der Waals surface area contributed by atoms with E-state index >= 15 is 0 Å². The molecule has 0 fully saturated rings. The van der Waals surface area contributed by atoms with E-state index in [4.69, 9.17) is 9.05 Å². The zero-order valence-electron chi connectivity index (χ0n) is 17.7. The highest BCUT2D eigenvalue weighted by atomic mass is 32.2. The van der Waals surface area contributed by atoms with Crippen LogP contribution < -0.4 is 0 Å². The molecule has 0 heterocycles. The van der Waals surface area contributed by atoms with E-state index in [2.05, 4.69) is 13.8 Å². The third-order valence-electron chi connectivity index (χ3n) is 4.16. The van der Waals surface area contributed by atoms with Crippen molar-refractivity contribution in [2.24, 2.45) is 0 Å². The summed E-state index contributed by atoms with van der Waals surface area (Å²) in [6, 6.07) is 0. The molecule has 4 nitrogen and oxygen atoms in total. The number of phosphoric ester groups is 1. The Hall–Kier alpha value is 0.810. The zero-order chi connectivity index (χ0) is 20.1. The average molecular weight is 443 g/mol. The number of hydrogen-bond donors (Lipinski definition) is 1. The summed E-state index contributed by atoms with van der Waals surface area (Å²) in [4.78, 5) is 9.66. The van der Waals surface area contributed by atoms with Gasteiger partial charge < -0.3 is 4.89 Å². The van der Waals surface area contributed by atoms with Crippen LogP contribution in [0, 0.1) is 0 Å². The van der Waals surface area contributed by atoms with Gasteiger partial charge in [-0.3, -0.25) is 9.05 Å². The van der Waals surface area contributed by atoms with E-state index in [1.807, 2.05) is 23.5 Å². The van der Waals surface area contributed by atoms with Crippen LogP contribution in [0.15, 0.2) is 0 Å². The van der Waals surface area contributed by atoms with Gasteiger partial charge in [0.25, 0.3) is 0 Å². The summed E-state index contributed by atoms with van der Waals surface area (Å²) >= 11 is 3.94. The highest BCUT2D eigenvalue weighted by Crippen LogP contribution is 2.43. The van der Waals surface area contributed by atoms with Crippen LogP contribution in [-0.4, -0.2) is 41.1 Å². The molecule has 0 radical (unpaired) electrons. The lowest BCUT2D eigenvalue weighted by Gasteiger charge is -2.12. The second-order valence-electron chi connectivity index (χ2n) is 6.90. The Kier molecular flexibility index (Phi) is 22.2. The van der Waals surface area contributed by atoms with Gasteiger partial charge in [-0.15, -0.1) is 0 Å². The quantitative estimate of drug-likeness (QED) is 0.140. The van der Waals surface area contributed by atoms with E-state index < -0.39 is 7.82 Å². The fourth-order valence-electron chi connectivity index (χ4n) is 2.48. The normalized spacial score (nSPS) is 12.0. The molecule has 0 aliphatic heterocycles. The maximum absolute atomic E-state index is 11.8. The molecule has 0 saturated heterocycles. The van der Waals surface area contributed by atoms with Gasteiger partial charge in [0.2, 0.25) is 0 Å². The molecular formula is C20H43O4PS2. The van der Waals surface area contributed by atoms with Crippen molar-refractivity contribution < 1.29 is 18.5 Å². The highest BCUT2D eigenvalue weighted by molar-refractivity contribution is 7.99. The van der Waals surface area contributed by atoms with E-state index in [9.17, 15) is 9.46 Å². The first-order valence-electron chi connectivity index (χ1n) is 10.9. The van der Waals surface area contributed by atoms with Gasteiger partial charge in [-0.05, 0) is 61.5 Å². The number of unbranched alkanes of at least 4 members (excludes halogenated alkanes) is 8. The SMILES string of the molecule is CCCCCCSCCCCOP(=O)(O)OCCCCSCCCCCC. The topological polar surface area (TPSA) is 55.8 Å². The Labute approximate surface area is 176 Å². The van der Waals surface area contributed by atoms with Gasteiger partial charge in [0.05, 0.1) is 13.2 Å². The standard InChI is InChI=1S/C20H43O4PS2/c1-3-5-7-11-17-26-19-13-9-15-23-25(21,22)24-16-10-14-20-27-18-12-8-6-4-2/h3-20H2,1-2H3,(H,21,22). The van der Waals surface area contributed by atoms with E-state index in [0.29, 0.717) is 13.2 Å². The van der Waals surface area contributed by atoms with Crippen molar-refractivity contribution in [3.8, 4) is 0 Å². The van der Waals surface area contributed by atoms with Gasteiger partial charge in [-0.1, -0.05) is 52.4 Å². The Morgan fingerprint density at radius 1 is 0.630 bits per heavy atom. The van der Waals surface area contributed by atoms with Gasteiger partial charge in [0.1, 0.15) is 0 Å². The van der Waals surface area contributed by atoms with Crippen LogP contribution in [0.5, 0.6) is 0 Å². The second-order valence-corrected chi connectivity index (χ2v) is 10.8. The summed E-state index contributed by atoms with van der Waals surface area (Å²) in [6.07, 6.45) is 14.1. The van der Waals surface area contributed by atoms with Crippen molar-refractivity contribution in [1.29, 1.82) is 0 Å². The fourth-order valence-corrected chi connectivity index (χ4v) is 5.31. The molecule has 7 heteroatoms. The number of thioether (sulfide) groups is 2. The smallest absolute Gasteiger partial charge is 0.302 e. The van der Waals surface area contributed by atoms with Crippen molar-refractivity contribution in [1.82, 2.24) is 0 Å².